The lowest BCUT2D eigenvalue weighted by molar-refractivity contribution is 0.102. The molecule has 0 atom stereocenters. The maximum atomic E-state index is 12.2. The highest BCUT2D eigenvalue weighted by atomic mass is 16.1. The van der Waals surface area contributed by atoms with Crippen molar-refractivity contribution < 1.29 is 4.79 Å². The van der Waals surface area contributed by atoms with Gasteiger partial charge in [-0.15, -0.1) is 10.2 Å². The Labute approximate surface area is 133 Å². The molecule has 1 amide bonds. The van der Waals surface area contributed by atoms with Gasteiger partial charge in [0.1, 0.15) is 12.0 Å². The van der Waals surface area contributed by atoms with Crippen molar-refractivity contribution in [3.8, 4) is 11.4 Å². The van der Waals surface area contributed by atoms with Crippen molar-refractivity contribution in [1.29, 1.82) is 0 Å². The molecule has 2 aromatic heterocycles. The number of nitrogens with zero attached hydrogens (tertiary/aromatic N) is 4. The van der Waals surface area contributed by atoms with Gasteiger partial charge in [-0.25, -0.2) is 0 Å². The SMILES string of the molecule is O=C(Nc1cccc(-c2nncn2C2CC2)c1)c1ccccn1. The smallest absolute Gasteiger partial charge is 0.274 e. The lowest BCUT2D eigenvalue weighted by atomic mass is 10.2. The van der Waals surface area contributed by atoms with Crippen LogP contribution < -0.4 is 5.32 Å². The van der Waals surface area contributed by atoms with Crippen LogP contribution in [0.1, 0.15) is 29.4 Å². The van der Waals surface area contributed by atoms with Gasteiger partial charge in [0, 0.05) is 23.5 Å². The molecule has 1 saturated carbocycles. The number of amides is 1. The Hall–Kier alpha value is -3.02. The van der Waals surface area contributed by atoms with Crippen molar-refractivity contribution >= 4 is 11.6 Å². The summed E-state index contributed by atoms with van der Waals surface area (Å²) < 4.78 is 2.10. The third-order valence-electron chi connectivity index (χ3n) is 3.79. The van der Waals surface area contributed by atoms with Crippen molar-refractivity contribution in [1.82, 2.24) is 19.7 Å². The lowest BCUT2D eigenvalue weighted by Crippen LogP contribution is -2.13. The molecule has 0 unspecified atom stereocenters. The molecule has 0 spiro atoms. The van der Waals surface area contributed by atoms with Crippen LogP contribution in [0.2, 0.25) is 0 Å². The van der Waals surface area contributed by atoms with Crippen molar-refractivity contribution in [3.05, 3.63) is 60.7 Å². The Kier molecular flexibility index (Phi) is 3.34. The predicted molar refractivity (Wildman–Crippen MR) is 85.9 cm³/mol. The summed E-state index contributed by atoms with van der Waals surface area (Å²) in [6, 6.07) is 13.4. The van der Waals surface area contributed by atoms with Crippen LogP contribution in [0, 0.1) is 0 Å². The van der Waals surface area contributed by atoms with Gasteiger partial charge in [0.15, 0.2) is 5.82 Å². The number of hydrogen-bond donors (Lipinski definition) is 1. The second kappa shape index (κ2) is 5.64. The lowest BCUT2D eigenvalue weighted by Gasteiger charge is -2.08. The largest absolute Gasteiger partial charge is 0.321 e. The molecule has 3 aromatic rings. The van der Waals surface area contributed by atoms with Crippen molar-refractivity contribution in [2.45, 2.75) is 18.9 Å². The average molecular weight is 305 g/mol. The number of carbonyl (C=O) groups is 1. The Morgan fingerprint density at radius 2 is 2.09 bits per heavy atom. The Morgan fingerprint density at radius 1 is 1.17 bits per heavy atom. The highest BCUT2D eigenvalue weighted by Crippen LogP contribution is 2.37. The summed E-state index contributed by atoms with van der Waals surface area (Å²) in [6.07, 6.45) is 5.71. The number of hydrogen-bond acceptors (Lipinski definition) is 4. The number of pyridine rings is 1. The monoisotopic (exact) mass is 305 g/mol. The second-order valence-electron chi connectivity index (χ2n) is 5.54. The van der Waals surface area contributed by atoms with E-state index in [4.69, 9.17) is 0 Å². The van der Waals surface area contributed by atoms with Gasteiger partial charge >= 0.3 is 0 Å². The van der Waals surface area contributed by atoms with Crippen LogP contribution in [0.3, 0.4) is 0 Å². The number of aromatic nitrogens is 4. The number of nitrogens with one attached hydrogen (secondary N) is 1. The quantitative estimate of drug-likeness (QED) is 0.804. The van der Waals surface area contributed by atoms with E-state index < -0.39 is 0 Å². The molecule has 6 nitrogen and oxygen atoms in total. The van der Waals surface area contributed by atoms with Crippen LogP contribution in [0.5, 0.6) is 0 Å². The van der Waals surface area contributed by atoms with Gasteiger partial charge in [0.2, 0.25) is 0 Å². The van der Waals surface area contributed by atoms with E-state index >= 15 is 0 Å². The van der Waals surface area contributed by atoms with Gasteiger partial charge in [-0.05, 0) is 37.1 Å². The normalized spacial score (nSPS) is 13.7. The third kappa shape index (κ3) is 2.83. The van der Waals surface area contributed by atoms with E-state index in [0.29, 0.717) is 17.4 Å². The number of carbonyl (C=O) groups excluding carboxylic acids is 1. The first-order valence-corrected chi connectivity index (χ1v) is 7.53. The number of anilines is 1. The van der Waals surface area contributed by atoms with Crippen LogP contribution in [0.15, 0.2) is 55.0 Å². The highest BCUT2D eigenvalue weighted by Gasteiger charge is 2.26. The van der Waals surface area contributed by atoms with Gasteiger partial charge in [-0.3, -0.25) is 9.78 Å². The van der Waals surface area contributed by atoms with Crippen LogP contribution in [0.4, 0.5) is 5.69 Å². The maximum absolute atomic E-state index is 12.2. The molecular weight excluding hydrogens is 290 g/mol. The number of rotatable bonds is 4. The molecule has 0 radical (unpaired) electrons. The molecule has 1 aliphatic carbocycles. The van der Waals surface area contributed by atoms with Gasteiger partial charge in [0.05, 0.1) is 0 Å². The first-order chi connectivity index (χ1) is 11.3. The van der Waals surface area contributed by atoms with Crippen molar-refractivity contribution in [2.75, 3.05) is 5.32 Å². The van der Waals surface area contributed by atoms with Gasteiger partial charge in [-0.2, -0.15) is 0 Å². The molecule has 114 valence electrons. The Balaban J connectivity index is 1.59. The maximum Gasteiger partial charge on any atom is 0.274 e. The molecule has 23 heavy (non-hydrogen) atoms. The molecule has 6 heteroatoms. The topological polar surface area (TPSA) is 72.7 Å². The second-order valence-corrected chi connectivity index (χ2v) is 5.54. The van der Waals surface area contributed by atoms with Gasteiger partial charge < -0.3 is 9.88 Å². The summed E-state index contributed by atoms with van der Waals surface area (Å²) in [5.74, 6) is 0.604. The van der Waals surface area contributed by atoms with E-state index in [9.17, 15) is 4.79 Å². The minimum absolute atomic E-state index is 0.230. The van der Waals surface area contributed by atoms with Crippen LogP contribution in [0.25, 0.3) is 11.4 Å². The standard InChI is InChI=1S/C17H15N5O/c23-17(15-6-1-2-9-18-15)20-13-5-3-4-12(10-13)16-21-19-11-22(16)14-7-8-14/h1-6,9-11,14H,7-8H2,(H,20,23). The van der Waals surface area contributed by atoms with Crippen LogP contribution in [-0.2, 0) is 0 Å². The van der Waals surface area contributed by atoms with E-state index in [2.05, 4.69) is 25.1 Å². The molecule has 0 bridgehead atoms. The molecule has 2 heterocycles. The van der Waals surface area contributed by atoms with E-state index in [-0.39, 0.29) is 5.91 Å². The van der Waals surface area contributed by atoms with E-state index in [1.54, 1.807) is 30.7 Å². The molecule has 1 aromatic carbocycles. The Morgan fingerprint density at radius 3 is 2.87 bits per heavy atom. The van der Waals surface area contributed by atoms with Crippen molar-refractivity contribution in [2.24, 2.45) is 0 Å². The van der Waals surface area contributed by atoms with Crippen molar-refractivity contribution in [3.63, 3.8) is 0 Å². The zero-order chi connectivity index (χ0) is 15.6. The molecule has 0 aliphatic heterocycles. The molecule has 4 rings (SSSR count). The highest BCUT2D eigenvalue weighted by molar-refractivity contribution is 6.03. The van der Waals surface area contributed by atoms with Crippen LogP contribution in [-0.4, -0.2) is 25.7 Å². The molecular formula is C17H15N5O. The number of benzene rings is 1. The predicted octanol–water partition coefficient (Wildman–Crippen LogP) is 2.93. The van der Waals surface area contributed by atoms with Crippen LogP contribution >= 0.6 is 0 Å². The molecule has 1 aliphatic rings. The third-order valence-corrected chi connectivity index (χ3v) is 3.79. The fraction of sp³-hybridized carbons (Fsp3) is 0.176. The zero-order valence-corrected chi connectivity index (χ0v) is 12.4. The molecule has 1 fully saturated rings. The first kappa shape index (κ1) is 13.6. The first-order valence-electron chi connectivity index (χ1n) is 7.53. The summed E-state index contributed by atoms with van der Waals surface area (Å²) in [6.45, 7) is 0. The minimum Gasteiger partial charge on any atom is -0.321 e. The fourth-order valence-corrected chi connectivity index (χ4v) is 2.50. The zero-order valence-electron chi connectivity index (χ0n) is 12.4. The summed E-state index contributed by atoms with van der Waals surface area (Å²) in [7, 11) is 0. The van der Waals surface area contributed by atoms with E-state index in [0.717, 1.165) is 11.4 Å². The average Bonchev–Trinajstić information content (AvgIpc) is 3.32. The molecule has 0 saturated heterocycles. The fourth-order valence-electron chi connectivity index (χ4n) is 2.50. The van der Waals surface area contributed by atoms with E-state index in [1.165, 1.54) is 12.8 Å². The van der Waals surface area contributed by atoms with Gasteiger partial charge in [-0.1, -0.05) is 18.2 Å². The minimum atomic E-state index is -0.230. The van der Waals surface area contributed by atoms with Gasteiger partial charge in [0.25, 0.3) is 5.91 Å². The van der Waals surface area contributed by atoms with E-state index in [1.807, 2.05) is 24.3 Å². The summed E-state index contributed by atoms with van der Waals surface area (Å²) in [5.41, 5.74) is 2.04. The summed E-state index contributed by atoms with van der Waals surface area (Å²) in [4.78, 5) is 16.2. The summed E-state index contributed by atoms with van der Waals surface area (Å²) in [5, 5.41) is 11.1. The molecule has 1 N–H and O–H groups in total. The Bertz CT molecular complexity index is 839. The summed E-state index contributed by atoms with van der Waals surface area (Å²) >= 11 is 0.